The van der Waals surface area contributed by atoms with E-state index in [0.29, 0.717) is 12.5 Å². The van der Waals surface area contributed by atoms with Gasteiger partial charge in [-0.15, -0.1) is 35.0 Å². The van der Waals surface area contributed by atoms with E-state index in [1.165, 1.54) is 38.5 Å². The van der Waals surface area contributed by atoms with Gasteiger partial charge in [-0.25, -0.2) is 0 Å². The van der Waals surface area contributed by atoms with E-state index in [1.54, 1.807) is 0 Å². The lowest BCUT2D eigenvalue weighted by Gasteiger charge is -2.37. The van der Waals surface area contributed by atoms with E-state index in [2.05, 4.69) is 25.4 Å². The predicted octanol–water partition coefficient (Wildman–Crippen LogP) is 2.29. The molecule has 1 saturated carbocycles. The fraction of sp³-hybridized carbons (Fsp3) is 0.833. The summed E-state index contributed by atoms with van der Waals surface area (Å²) >= 11 is 0. The minimum absolute atomic E-state index is 0. The summed E-state index contributed by atoms with van der Waals surface area (Å²) in [5.74, 6) is 2.94. The first-order valence-corrected chi connectivity index (χ1v) is 9.69. The summed E-state index contributed by atoms with van der Waals surface area (Å²) in [6.45, 7) is 3.56. The van der Waals surface area contributed by atoms with Crippen molar-refractivity contribution in [2.75, 3.05) is 19.6 Å². The fourth-order valence-corrected chi connectivity index (χ4v) is 4.88. The van der Waals surface area contributed by atoms with E-state index in [0.717, 1.165) is 50.5 Å². The molecule has 3 heterocycles. The Balaban J connectivity index is 0.00000121. The highest BCUT2D eigenvalue weighted by Crippen LogP contribution is 2.43. The monoisotopic (exact) mass is 403 g/mol. The van der Waals surface area contributed by atoms with Gasteiger partial charge in [0.25, 0.3) is 0 Å². The van der Waals surface area contributed by atoms with Crippen LogP contribution in [-0.2, 0) is 24.2 Å². The molecular weight excluding hydrogens is 373 g/mol. The van der Waals surface area contributed by atoms with Gasteiger partial charge >= 0.3 is 0 Å². The summed E-state index contributed by atoms with van der Waals surface area (Å²) < 4.78 is 2.28. The number of nitrogens with zero attached hydrogens (tertiary/aromatic N) is 3. The van der Waals surface area contributed by atoms with Crippen LogP contribution in [0, 0.1) is 11.3 Å². The van der Waals surface area contributed by atoms with Gasteiger partial charge in [-0.1, -0.05) is 19.3 Å². The van der Waals surface area contributed by atoms with Crippen molar-refractivity contribution in [3.05, 3.63) is 11.6 Å². The third-order valence-electron chi connectivity index (χ3n) is 6.31. The molecular formula is C18H31Cl2N5O. The lowest BCUT2D eigenvalue weighted by molar-refractivity contribution is -0.133. The van der Waals surface area contributed by atoms with Crippen LogP contribution in [0.25, 0.3) is 0 Å². The van der Waals surface area contributed by atoms with Gasteiger partial charge in [-0.2, -0.15) is 0 Å². The molecule has 0 spiro atoms. The maximum atomic E-state index is 12.9. The van der Waals surface area contributed by atoms with E-state index in [-0.39, 0.29) is 36.1 Å². The van der Waals surface area contributed by atoms with E-state index in [1.807, 2.05) is 0 Å². The topological polar surface area (TPSA) is 71.8 Å². The number of nitrogens with one attached hydrogen (secondary N) is 2. The molecule has 0 unspecified atom stereocenters. The van der Waals surface area contributed by atoms with E-state index < -0.39 is 0 Å². The largest absolute Gasteiger partial charge is 0.355 e. The lowest BCUT2D eigenvalue weighted by Crippen LogP contribution is -2.48. The summed E-state index contributed by atoms with van der Waals surface area (Å²) in [6.07, 6.45) is 10.2. The molecule has 2 aliphatic heterocycles. The lowest BCUT2D eigenvalue weighted by atomic mass is 9.67. The second-order valence-corrected chi connectivity index (χ2v) is 7.73. The Morgan fingerprint density at radius 3 is 2.96 bits per heavy atom. The Kier molecular flexibility index (Phi) is 7.74. The molecule has 148 valence electrons. The first kappa shape index (κ1) is 21.5. The van der Waals surface area contributed by atoms with Crippen molar-refractivity contribution >= 4 is 30.7 Å². The molecule has 1 aliphatic carbocycles. The van der Waals surface area contributed by atoms with Gasteiger partial charge in [-0.3, -0.25) is 4.79 Å². The van der Waals surface area contributed by atoms with Crippen LogP contribution in [0.3, 0.4) is 0 Å². The Labute approximate surface area is 168 Å². The van der Waals surface area contributed by atoms with Gasteiger partial charge in [0, 0.05) is 32.5 Å². The molecule has 2 fully saturated rings. The Morgan fingerprint density at radius 2 is 2.08 bits per heavy atom. The highest BCUT2D eigenvalue weighted by molar-refractivity contribution is 5.85. The Hall–Kier alpha value is -0.850. The molecule has 0 aromatic carbocycles. The number of carbonyl (C=O) groups excluding carboxylic acids is 1. The number of aryl methyl sites for hydroxylation is 1. The summed E-state index contributed by atoms with van der Waals surface area (Å²) in [4.78, 5) is 12.9. The maximum Gasteiger partial charge on any atom is 0.227 e. The minimum Gasteiger partial charge on any atom is -0.355 e. The predicted molar refractivity (Wildman–Crippen MR) is 106 cm³/mol. The van der Waals surface area contributed by atoms with Crippen LogP contribution in [0.2, 0.25) is 0 Å². The van der Waals surface area contributed by atoms with E-state index in [9.17, 15) is 4.79 Å². The summed E-state index contributed by atoms with van der Waals surface area (Å²) in [7, 11) is 0. The molecule has 3 aliphatic rings. The number of hydrogen-bond acceptors (Lipinski definition) is 4. The normalized spacial score (nSPS) is 27.3. The number of fused-ring (bicyclic) bond motifs is 2. The van der Waals surface area contributed by atoms with Crippen molar-refractivity contribution in [1.29, 1.82) is 0 Å². The molecule has 1 aromatic rings. The smallest absolute Gasteiger partial charge is 0.227 e. The Bertz CT molecular complexity index is 608. The SMILES string of the molecule is Cl.Cl.O=C(NCCc1nnc2n1CCCCC2)[C@@]12CCCC[C@H]1CNC2. The number of aromatic nitrogens is 3. The first-order valence-electron chi connectivity index (χ1n) is 9.69. The quantitative estimate of drug-likeness (QED) is 0.808. The van der Waals surface area contributed by atoms with Gasteiger partial charge in [0.2, 0.25) is 5.91 Å². The molecule has 2 N–H and O–H groups in total. The molecule has 1 amide bonds. The third kappa shape index (κ3) is 4.02. The standard InChI is InChI=1S/C18H29N5O.2ClH/c24-17(18-9-4-3-6-14(18)12-19-13-18)20-10-8-16-22-21-15-7-2-1-5-11-23(15)16;;/h14,19H,1-13H2,(H,20,24);2*1H/t14-,18+;;/m0../s1. The van der Waals surface area contributed by atoms with Crippen molar-refractivity contribution in [3.63, 3.8) is 0 Å². The average Bonchev–Trinajstić information content (AvgIpc) is 3.13. The Morgan fingerprint density at radius 1 is 1.19 bits per heavy atom. The zero-order chi connectivity index (χ0) is 16.4. The van der Waals surface area contributed by atoms with Gasteiger partial charge in [-0.05, 0) is 38.1 Å². The van der Waals surface area contributed by atoms with E-state index >= 15 is 0 Å². The van der Waals surface area contributed by atoms with Gasteiger partial charge in [0.05, 0.1) is 5.41 Å². The molecule has 26 heavy (non-hydrogen) atoms. The fourth-order valence-electron chi connectivity index (χ4n) is 4.88. The van der Waals surface area contributed by atoms with Crippen molar-refractivity contribution < 1.29 is 4.79 Å². The molecule has 0 radical (unpaired) electrons. The second kappa shape index (κ2) is 9.38. The number of halogens is 2. The molecule has 2 atom stereocenters. The molecule has 6 nitrogen and oxygen atoms in total. The van der Waals surface area contributed by atoms with Crippen molar-refractivity contribution in [1.82, 2.24) is 25.4 Å². The van der Waals surface area contributed by atoms with Crippen molar-refractivity contribution in [2.24, 2.45) is 11.3 Å². The van der Waals surface area contributed by atoms with Gasteiger partial charge in [0.15, 0.2) is 0 Å². The first-order chi connectivity index (χ1) is 11.8. The van der Waals surface area contributed by atoms with Crippen LogP contribution in [0.1, 0.15) is 56.6 Å². The minimum atomic E-state index is -0.153. The molecule has 1 saturated heterocycles. The number of hydrogen-bond donors (Lipinski definition) is 2. The van der Waals surface area contributed by atoms with Crippen LogP contribution < -0.4 is 10.6 Å². The number of carbonyl (C=O) groups is 1. The van der Waals surface area contributed by atoms with Crippen LogP contribution in [0.5, 0.6) is 0 Å². The van der Waals surface area contributed by atoms with E-state index in [4.69, 9.17) is 0 Å². The molecule has 0 bridgehead atoms. The van der Waals surface area contributed by atoms with Crippen LogP contribution in [-0.4, -0.2) is 40.3 Å². The number of amides is 1. The summed E-state index contributed by atoms with van der Waals surface area (Å²) in [5.41, 5.74) is -0.153. The van der Waals surface area contributed by atoms with Crippen molar-refractivity contribution in [2.45, 2.75) is 64.3 Å². The summed E-state index contributed by atoms with van der Waals surface area (Å²) in [6, 6.07) is 0. The second-order valence-electron chi connectivity index (χ2n) is 7.73. The molecule has 4 rings (SSSR count). The molecule has 8 heteroatoms. The maximum absolute atomic E-state index is 12.9. The highest BCUT2D eigenvalue weighted by atomic mass is 35.5. The van der Waals surface area contributed by atoms with Crippen LogP contribution >= 0.6 is 24.8 Å². The average molecular weight is 404 g/mol. The van der Waals surface area contributed by atoms with Gasteiger partial charge in [0.1, 0.15) is 11.6 Å². The van der Waals surface area contributed by atoms with Crippen LogP contribution in [0.4, 0.5) is 0 Å². The zero-order valence-corrected chi connectivity index (χ0v) is 17.0. The summed E-state index contributed by atoms with van der Waals surface area (Å²) in [5, 5.41) is 15.4. The number of rotatable bonds is 4. The molecule has 1 aromatic heterocycles. The highest BCUT2D eigenvalue weighted by Gasteiger charge is 2.49. The van der Waals surface area contributed by atoms with Gasteiger partial charge < -0.3 is 15.2 Å². The van der Waals surface area contributed by atoms with Crippen LogP contribution in [0.15, 0.2) is 0 Å². The third-order valence-corrected chi connectivity index (χ3v) is 6.31. The zero-order valence-electron chi connectivity index (χ0n) is 15.3. The van der Waals surface area contributed by atoms with Crippen molar-refractivity contribution in [3.8, 4) is 0 Å².